The Balaban J connectivity index is 1.41. The van der Waals surface area contributed by atoms with Crippen LogP contribution in [0.25, 0.3) is 0 Å². The molecule has 0 bridgehead atoms. The molecule has 4 rings (SSSR count). The number of fused-ring (bicyclic) bond motifs is 1. The standard InChI is InChI=1S/C28H28N2O5/c1-19-8-9-20(2)26(14-19)34-17-24(31)22-10-11-25-23(15-22)30(28(33)18-35-25)16-27(32)29-13-12-21-6-4-3-5-7-21/h3-11,14-15H,12-13,16-18H2,1-2H3,(H,29,32). The summed E-state index contributed by atoms with van der Waals surface area (Å²) < 4.78 is 11.3. The van der Waals surface area contributed by atoms with E-state index in [0.29, 0.717) is 35.7 Å². The van der Waals surface area contributed by atoms with Crippen LogP contribution in [0.15, 0.2) is 66.7 Å². The summed E-state index contributed by atoms with van der Waals surface area (Å²) in [7, 11) is 0. The van der Waals surface area contributed by atoms with E-state index in [1.54, 1.807) is 18.2 Å². The van der Waals surface area contributed by atoms with Gasteiger partial charge in [-0.1, -0.05) is 42.5 Å². The van der Waals surface area contributed by atoms with E-state index in [4.69, 9.17) is 9.47 Å². The highest BCUT2D eigenvalue weighted by Gasteiger charge is 2.28. The Morgan fingerprint density at radius 1 is 1.03 bits per heavy atom. The van der Waals surface area contributed by atoms with Gasteiger partial charge in [0.25, 0.3) is 5.91 Å². The lowest BCUT2D eigenvalue weighted by atomic mass is 10.1. The number of ether oxygens (including phenoxy) is 2. The highest BCUT2D eigenvalue weighted by molar-refractivity contribution is 6.04. The first-order chi connectivity index (χ1) is 16.9. The van der Waals surface area contributed by atoms with Gasteiger partial charge in [0.1, 0.15) is 18.0 Å². The van der Waals surface area contributed by atoms with E-state index >= 15 is 0 Å². The first-order valence-corrected chi connectivity index (χ1v) is 11.5. The first-order valence-electron chi connectivity index (χ1n) is 11.5. The highest BCUT2D eigenvalue weighted by Crippen LogP contribution is 2.33. The number of nitrogens with zero attached hydrogens (tertiary/aromatic N) is 1. The fourth-order valence-electron chi connectivity index (χ4n) is 3.83. The molecule has 0 atom stereocenters. The maximum absolute atomic E-state index is 12.8. The van der Waals surface area contributed by atoms with E-state index in [0.717, 1.165) is 16.7 Å². The van der Waals surface area contributed by atoms with Crippen LogP contribution in [0.4, 0.5) is 5.69 Å². The molecule has 1 aliphatic heterocycles. The number of aryl methyl sites for hydroxylation is 2. The third-order valence-electron chi connectivity index (χ3n) is 5.81. The molecule has 0 saturated carbocycles. The van der Waals surface area contributed by atoms with Crippen LogP contribution >= 0.6 is 0 Å². The predicted molar refractivity (Wildman–Crippen MR) is 133 cm³/mol. The molecule has 0 spiro atoms. The van der Waals surface area contributed by atoms with Crippen molar-refractivity contribution in [1.82, 2.24) is 5.32 Å². The maximum Gasteiger partial charge on any atom is 0.265 e. The molecule has 7 heteroatoms. The van der Waals surface area contributed by atoms with Gasteiger partial charge < -0.3 is 14.8 Å². The van der Waals surface area contributed by atoms with Crippen molar-refractivity contribution in [2.45, 2.75) is 20.3 Å². The molecule has 3 aromatic rings. The number of carbonyl (C=O) groups excluding carboxylic acids is 3. The Morgan fingerprint density at radius 3 is 2.63 bits per heavy atom. The van der Waals surface area contributed by atoms with E-state index < -0.39 is 0 Å². The van der Waals surface area contributed by atoms with Gasteiger partial charge in [0.05, 0.1) is 5.69 Å². The van der Waals surface area contributed by atoms with Crippen LogP contribution in [0, 0.1) is 13.8 Å². The van der Waals surface area contributed by atoms with Crippen molar-refractivity contribution >= 4 is 23.3 Å². The normalized spacial score (nSPS) is 12.5. The van der Waals surface area contributed by atoms with E-state index in [1.165, 1.54) is 4.90 Å². The van der Waals surface area contributed by atoms with Crippen molar-refractivity contribution in [3.63, 3.8) is 0 Å². The summed E-state index contributed by atoms with van der Waals surface area (Å²) in [5.74, 6) is 0.250. The Labute approximate surface area is 204 Å². The van der Waals surface area contributed by atoms with Gasteiger partial charge in [0, 0.05) is 12.1 Å². The number of rotatable bonds is 9. The minimum atomic E-state index is -0.341. The van der Waals surface area contributed by atoms with Crippen LogP contribution < -0.4 is 19.7 Å². The largest absolute Gasteiger partial charge is 0.485 e. The molecular weight excluding hydrogens is 444 g/mol. The van der Waals surface area contributed by atoms with Gasteiger partial charge in [-0.2, -0.15) is 0 Å². The number of nitrogens with one attached hydrogen (secondary N) is 1. The molecule has 0 saturated heterocycles. The number of anilines is 1. The monoisotopic (exact) mass is 472 g/mol. The second-order valence-electron chi connectivity index (χ2n) is 8.52. The van der Waals surface area contributed by atoms with E-state index in [-0.39, 0.29) is 37.4 Å². The van der Waals surface area contributed by atoms with Crippen molar-refractivity contribution in [3.05, 3.63) is 89.0 Å². The number of Topliss-reactive ketones (excluding diaryl/α,β-unsaturated/α-hetero) is 1. The van der Waals surface area contributed by atoms with Gasteiger partial charge in [-0.25, -0.2) is 0 Å². The lowest BCUT2D eigenvalue weighted by Gasteiger charge is -2.29. The third kappa shape index (κ3) is 6.06. The molecule has 180 valence electrons. The van der Waals surface area contributed by atoms with Crippen LogP contribution in [0.1, 0.15) is 27.0 Å². The Kier molecular flexibility index (Phi) is 7.45. The number of amides is 2. The highest BCUT2D eigenvalue weighted by atomic mass is 16.5. The van der Waals surface area contributed by atoms with Crippen molar-refractivity contribution < 1.29 is 23.9 Å². The van der Waals surface area contributed by atoms with Crippen molar-refractivity contribution in [2.24, 2.45) is 0 Å². The quantitative estimate of drug-likeness (QED) is 0.481. The zero-order valence-electron chi connectivity index (χ0n) is 19.9. The SMILES string of the molecule is Cc1ccc(C)c(OCC(=O)c2ccc3c(c2)N(CC(=O)NCCc2ccccc2)C(=O)CO3)c1. The minimum absolute atomic E-state index is 0.141. The summed E-state index contributed by atoms with van der Waals surface area (Å²) in [6, 6.07) is 20.5. The number of carbonyl (C=O) groups is 3. The molecule has 0 aliphatic carbocycles. The lowest BCUT2D eigenvalue weighted by molar-refractivity contribution is -0.125. The maximum atomic E-state index is 12.8. The Hall–Kier alpha value is -4.13. The van der Waals surface area contributed by atoms with Crippen LogP contribution in [-0.2, 0) is 16.0 Å². The molecule has 0 unspecified atom stereocenters. The smallest absolute Gasteiger partial charge is 0.265 e. The molecule has 7 nitrogen and oxygen atoms in total. The zero-order valence-corrected chi connectivity index (χ0v) is 19.9. The molecule has 1 heterocycles. The summed E-state index contributed by atoms with van der Waals surface area (Å²) in [6.07, 6.45) is 0.694. The van der Waals surface area contributed by atoms with Crippen molar-refractivity contribution in [2.75, 3.05) is 31.2 Å². The topological polar surface area (TPSA) is 84.9 Å². The van der Waals surface area contributed by atoms with Gasteiger partial charge in [-0.15, -0.1) is 0 Å². The average Bonchev–Trinajstić information content (AvgIpc) is 2.86. The average molecular weight is 473 g/mol. The number of hydrogen-bond donors (Lipinski definition) is 1. The number of benzene rings is 3. The molecule has 0 fully saturated rings. The fraction of sp³-hybridized carbons (Fsp3) is 0.250. The van der Waals surface area contributed by atoms with Crippen LogP contribution in [0.3, 0.4) is 0 Å². The summed E-state index contributed by atoms with van der Waals surface area (Å²) in [5, 5.41) is 2.85. The molecule has 0 radical (unpaired) electrons. The Morgan fingerprint density at radius 2 is 1.83 bits per heavy atom. The summed E-state index contributed by atoms with van der Waals surface area (Å²) in [5.41, 5.74) is 3.88. The molecule has 35 heavy (non-hydrogen) atoms. The minimum Gasteiger partial charge on any atom is -0.485 e. The summed E-state index contributed by atoms with van der Waals surface area (Å²) in [6.45, 7) is 3.89. The van der Waals surface area contributed by atoms with Gasteiger partial charge in [0.2, 0.25) is 5.91 Å². The molecule has 3 aromatic carbocycles. The molecule has 1 N–H and O–H groups in total. The van der Waals surface area contributed by atoms with Crippen LogP contribution in [0.2, 0.25) is 0 Å². The van der Waals surface area contributed by atoms with Crippen LogP contribution in [0.5, 0.6) is 11.5 Å². The zero-order chi connectivity index (χ0) is 24.8. The molecular formula is C28H28N2O5. The fourth-order valence-corrected chi connectivity index (χ4v) is 3.83. The van der Waals surface area contributed by atoms with Gasteiger partial charge in [-0.3, -0.25) is 19.3 Å². The first kappa shape index (κ1) is 24.0. The van der Waals surface area contributed by atoms with E-state index in [2.05, 4.69) is 5.32 Å². The molecule has 2 amide bonds. The van der Waals surface area contributed by atoms with Gasteiger partial charge in [-0.05, 0) is 61.2 Å². The third-order valence-corrected chi connectivity index (χ3v) is 5.81. The Bertz CT molecular complexity index is 1240. The van der Waals surface area contributed by atoms with Crippen molar-refractivity contribution in [1.29, 1.82) is 0 Å². The lowest BCUT2D eigenvalue weighted by Crippen LogP contribution is -2.45. The summed E-state index contributed by atoms with van der Waals surface area (Å²) >= 11 is 0. The number of hydrogen-bond acceptors (Lipinski definition) is 5. The molecule has 0 aromatic heterocycles. The van der Waals surface area contributed by atoms with Crippen molar-refractivity contribution in [3.8, 4) is 11.5 Å². The predicted octanol–water partition coefficient (Wildman–Crippen LogP) is 3.65. The second-order valence-corrected chi connectivity index (χ2v) is 8.52. The van der Waals surface area contributed by atoms with Gasteiger partial charge >= 0.3 is 0 Å². The number of ketones is 1. The second kappa shape index (κ2) is 10.9. The van der Waals surface area contributed by atoms with E-state index in [9.17, 15) is 14.4 Å². The van der Waals surface area contributed by atoms with Crippen LogP contribution in [-0.4, -0.2) is 43.9 Å². The van der Waals surface area contributed by atoms with Gasteiger partial charge in [0.15, 0.2) is 19.0 Å². The molecule has 1 aliphatic rings. The van der Waals surface area contributed by atoms with E-state index in [1.807, 2.05) is 62.4 Å². The summed E-state index contributed by atoms with van der Waals surface area (Å²) in [4.78, 5) is 39.3.